The molecule has 6 rings (SSSR count). The molecular weight excluding hydrogens is 529 g/mol. The van der Waals surface area contributed by atoms with Gasteiger partial charge in [0.25, 0.3) is 0 Å². The van der Waals surface area contributed by atoms with Crippen LogP contribution in [0.15, 0.2) is 53.6 Å². The van der Waals surface area contributed by atoms with Crippen molar-refractivity contribution in [1.82, 2.24) is 8.87 Å². The summed E-state index contributed by atoms with van der Waals surface area (Å²) in [4.78, 5) is 12.4. The molecule has 39 heavy (non-hydrogen) atoms. The van der Waals surface area contributed by atoms with Crippen molar-refractivity contribution in [2.45, 2.75) is 62.1 Å². The van der Waals surface area contributed by atoms with Crippen molar-refractivity contribution in [3.8, 4) is 5.69 Å². The van der Waals surface area contributed by atoms with Crippen molar-refractivity contribution >= 4 is 16.7 Å². The highest BCUT2D eigenvalue weighted by atomic mass is 32.3. The summed E-state index contributed by atoms with van der Waals surface area (Å²) in [6.07, 6.45) is 1.04. The summed E-state index contributed by atoms with van der Waals surface area (Å²) in [6, 6.07) is 10.6. The molecular formula is C29H31F3N2O4S. The molecule has 0 spiro atoms. The average molecular weight is 561 g/mol. The number of carbonyl (C=O) groups excluding carboxylic acids is 1. The van der Waals surface area contributed by atoms with Crippen LogP contribution in [0.4, 0.5) is 13.2 Å². The number of aromatic nitrogens is 1. The minimum absolute atomic E-state index is 0.00919. The maximum atomic E-state index is 13.6. The van der Waals surface area contributed by atoms with E-state index in [2.05, 4.69) is 4.57 Å². The Labute approximate surface area is 226 Å². The molecule has 0 saturated heterocycles. The first kappa shape index (κ1) is 26.4. The number of benzene rings is 2. The molecule has 1 aliphatic heterocycles. The van der Waals surface area contributed by atoms with Crippen molar-refractivity contribution in [3.63, 3.8) is 0 Å². The Kier molecular flexibility index (Phi) is 6.37. The van der Waals surface area contributed by atoms with Gasteiger partial charge < -0.3 is 9.30 Å². The van der Waals surface area contributed by atoms with Crippen molar-refractivity contribution in [1.29, 1.82) is 0 Å². The highest BCUT2D eigenvalue weighted by molar-refractivity contribution is 8.22. The van der Waals surface area contributed by atoms with Crippen LogP contribution in [0.5, 0.6) is 0 Å². The maximum Gasteiger partial charge on any atom is 0.416 e. The van der Waals surface area contributed by atoms with Gasteiger partial charge in [-0.05, 0) is 79.0 Å². The second kappa shape index (κ2) is 9.40. The molecule has 2 aliphatic carbocycles. The molecule has 10 heteroatoms. The van der Waals surface area contributed by atoms with Gasteiger partial charge in [0.05, 0.1) is 29.2 Å². The fourth-order valence-corrected chi connectivity index (χ4v) is 8.36. The smallest absolute Gasteiger partial charge is 0.416 e. The molecule has 2 N–H and O–H groups in total. The van der Waals surface area contributed by atoms with E-state index in [9.17, 15) is 27.1 Å². The summed E-state index contributed by atoms with van der Waals surface area (Å²) < 4.78 is 72.6. The minimum Gasteiger partial charge on any atom is -0.465 e. The van der Waals surface area contributed by atoms with Gasteiger partial charge in [-0.1, -0.05) is 25.1 Å². The zero-order valence-electron chi connectivity index (χ0n) is 21.7. The van der Waals surface area contributed by atoms with Crippen LogP contribution in [0.1, 0.15) is 76.5 Å². The highest BCUT2D eigenvalue weighted by Crippen LogP contribution is 2.61. The van der Waals surface area contributed by atoms with Crippen molar-refractivity contribution in [2.75, 3.05) is 13.7 Å². The van der Waals surface area contributed by atoms with Gasteiger partial charge in [0.15, 0.2) is 0 Å². The summed E-state index contributed by atoms with van der Waals surface area (Å²) in [6.45, 7) is 2.33. The number of nitrogens with zero attached hydrogens (tertiary/aromatic N) is 2. The summed E-state index contributed by atoms with van der Waals surface area (Å²) in [5.41, 5.74) is 4.07. The van der Waals surface area contributed by atoms with Gasteiger partial charge in [-0.2, -0.15) is 17.5 Å². The van der Waals surface area contributed by atoms with Gasteiger partial charge >= 0.3 is 12.1 Å². The molecule has 0 radical (unpaired) electrons. The summed E-state index contributed by atoms with van der Waals surface area (Å²) >= 11 is 0. The molecule has 1 aromatic heterocycles. The third-order valence-electron chi connectivity index (χ3n) is 8.19. The van der Waals surface area contributed by atoms with Crippen molar-refractivity contribution in [3.05, 3.63) is 82.2 Å². The first-order valence-corrected chi connectivity index (χ1v) is 14.7. The van der Waals surface area contributed by atoms with E-state index in [1.54, 1.807) is 10.4 Å². The summed E-state index contributed by atoms with van der Waals surface area (Å²) in [5.74, 6) is -0.0830. The fourth-order valence-electron chi connectivity index (χ4n) is 6.29. The Hall–Kier alpha value is -2.79. The lowest BCUT2D eigenvalue weighted by atomic mass is 9.99. The number of carbonyl (C=O) groups is 1. The number of methoxy groups -OCH3 is 1. The maximum absolute atomic E-state index is 13.6. The van der Waals surface area contributed by atoms with Crippen LogP contribution in [0, 0.1) is 5.92 Å². The Morgan fingerprint density at radius 1 is 1.10 bits per heavy atom. The first-order chi connectivity index (χ1) is 18.5. The second-order valence-electron chi connectivity index (χ2n) is 10.9. The van der Waals surface area contributed by atoms with Gasteiger partial charge in [-0.15, -0.1) is 10.8 Å². The lowest BCUT2D eigenvalue weighted by Gasteiger charge is -2.46. The van der Waals surface area contributed by atoms with E-state index in [0.29, 0.717) is 36.9 Å². The quantitative estimate of drug-likeness (QED) is 0.326. The normalized spacial score (nSPS) is 23.6. The molecule has 0 amide bonds. The van der Waals surface area contributed by atoms with Gasteiger partial charge in [-0.3, -0.25) is 9.11 Å². The lowest BCUT2D eigenvalue weighted by molar-refractivity contribution is -0.137. The molecule has 1 unspecified atom stereocenters. The topological polar surface area (TPSA) is 74.9 Å². The van der Waals surface area contributed by atoms with Crippen LogP contribution in [0.3, 0.4) is 0 Å². The third kappa shape index (κ3) is 4.47. The van der Waals surface area contributed by atoms with Crippen LogP contribution in [-0.4, -0.2) is 37.6 Å². The molecule has 2 heterocycles. The lowest BCUT2D eigenvalue weighted by Crippen LogP contribution is -2.33. The predicted octanol–water partition coefficient (Wildman–Crippen LogP) is 7.37. The van der Waals surface area contributed by atoms with E-state index in [0.717, 1.165) is 47.5 Å². The van der Waals surface area contributed by atoms with Crippen LogP contribution in [0.25, 0.3) is 5.69 Å². The molecule has 3 aliphatic rings. The third-order valence-corrected chi connectivity index (χ3v) is 10.2. The molecule has 2 atom stereocenters. The van der Waals surface area contributed by atoms with Gasteiger partial charge in [0, 0.05) is 30.0 Å². The summed E-state index contributed by atoms with van der Waals surface area (Å²) in [5, 5.41) is 0. The zero-order valence-corrected chi connectivity index (χ0v) is 22.6. The first-order valence-electron chi connectivity index (χ1n) is 13.2. The van der Waals surface area contributed by atoms with E-state index in [1.165, 1.54) is 13.2 Å². The zero-order chi connectivity index (χ0) is 27.7. The number of esters is 1. The van der Waals surface area contributed by atoms with Crippen LogP contribution in [0.2, 0.25) is 0 Å². The Balaban J connectivity index is 1.42. The number of rotatable bonds is 4. The van der Waals surface area contributed by atoms with E-state index in [4.69, 9.17) is 4.74 Å². The van der Waals surface area contributed by atoms with Gasteiger partial charge in [0.2, 0.25) is 0 Å². The molecule has 2 aromatic carbocycles. The van der Waals surface area contributed by atoms with Crippen molar-refractivity contribution < 1.29 is 31.8 Å². The number of ether oxygens (including phenoxy) is 1. The molecule has 1 saturated carbocycles. The van der Waals surface area contributed by atoms with Crippen molar-refractivity contribution in [2.24, 2.45) is 5.92 Å². The van der Waals surface area contributed by atoms with Gasteiger partial charge in [0.1, 0.15) is 0 Å². The van der Waals surface area contributed by atoms with Crippen LogP contribution in [-0.2, 0) is 23.8 Å². The van der Waals surface area contributed by atoms with Crippen LogP contribution >= 0.6 is 10.8 Å². The number of alkyl halides is 3. The number of halogens is 3. The van der Waals surface area contributed by atoms with Gasteiger partial charge in [-0.25, -0.2) is 4.79 Å². The molecule has 0 bridgehead atoms. The Bertz CT molecular complexity index is 1450. The largest absolute Gasteiger partial charge is 0.465 e. The van der Waals surface area contributed by atoms with Crippen LogP contribution < -0.4 is 0 Å². The van der Waals surface area contributed by atoms with E-state index in [1.807, 2.05) is 31.3 Å². The number of hydrogen-bond donors (Lipinski definition) is 2. The molecule has 6 nitrogen and oxygen atoms in total. The summed E-state index contributed by atoms with van der Waals surface area (Å²) in [7, 11) is -2.32. The average Bonchev–Trinajstić information content (AvgIpc) is 3.51. The highest BCUT2D eigenvalue weighted by Gasteiger charge is 2.42. The Morgan fingerprint density at radius 3 is 2.56 bits per heavy atom. The molecule has 1 fully saturated rings. The standard InChI is InChI=1S/C29H31F3N2O4S/c1-17-14-19-8-9-20(29(30,31)32)15-26(19)39(36,37)34(16-17)25-11-10-22-21(25)4-3-5-24(22)33-13-12-23(28(35)38-2)27(33)18-6-7-18/h3-5,8-9,12-13,15,17-18,25,36-37H,6-7,10-11,14,16H2,1-2H3/t17-,25?/m0/s1. The Morgan fingerprint density at radius 2 is 1.87 bits per heavy atom. The van der Waals surface area contributed by atoms with E-state index in [-0.39, 0.29) is 28.7 Å². The van der Waals surface area contributed by atoms with E-state index >= 15 is 0 Å². The number of fused-ring (bicyclic) bond motifs is 2. The minimum atomic E-state index is -4.58. The molecule has 3 aromatic rings. The number of hydrogen-bond acceptors (Lipinski definition) is 5. The molecule has 208 valence electrons. The second-order valence-corrected chi connectivity index (χ2v) is 12.8. The predicted molar refractivity (Wildman–Crippen MR) is 142 cm³/mol. The van der Waals surface area contributed by atoms with E-state index < -0.39 is 22.5 Å². The fraction of sp³-hybridized carbons (Fsp3) is 0.414. The SMILES string of the molecule is COC(=O)c1ccn(-c2cccc3c2CCC3N2C[C@@H](C)Cc3ccc(C(F)(F)F)cc3S2(O)O)c1C1CC1. The monoisotopic (exact) mass is 560 g/mol.